The van der Waals surface area contributed by atoms with E-state index in [1.165, 1.54) is 11.1 Å². The zero-order valence-electron chi connectivity index (χ0n) is 13.6. The lowest BCUT2D eigenvalue weighted by molar-refractivity contribution is 0.400. The molecule has 0 aromatic heterocycles. The maximum absolute atomic E-state index is 6.11. The molecule has 2 nitrogen and oxygen atoms in total. The van der Waals surface area contributed by atoms with Crippen molar-refractivity contribution in [1.82, 2.24) is 0 Å². The molecule has 0 saturated carbocycles. The van der Waals surface area contributed by atoms with E-state index in [-0.39, 0.29) is 0 Å². The first-order valence-electron chi connectivity index (χ1n) is 7.17. The van der Waals surface area contributed by atoms with Crippen LogP contribution in [-0.2, 0) is 6.42 Å². The molecule has 0 atom stereocenters. The molecule has 0 amide bonds. The van der Waals surface area contributed by atoms with Crippen LogP contribution in [0.1, 0.15) is 39.2 Å². The third-order valence-electron chi connectivity index (χ3n) is 3.32. The lowest BCUT2D eigenvalue weighted by Gasteiger charge is -2.11. The van der Waals surface area contributed by atoms with Gasteiger partial charge < -0.3 is 9.47 Å². The molecule has 21 heavy (non-hydrogen) atoms. The average molecular weight is 309 g/mol. The van der Waals surface area contributed by atoms with Gasteiger partial charge in [-0.1, -0.05) is 34.9 Å². The van der Waals surface area contributed by atoms with Crippen molar-refractivity contribution in [3.8, 4) is 11.5 Å². The molecule has 0 spiro atoms. The Balaban J connectivity index is 2.79. The molecule has 1 aromatic rings. The van der Waals surface area contributed by atoms with Gasteiger partial charge in [0.1, 0.15) is 11.5 Å². The summed E-state index contributed by atoms with van der Waals surface area (Å²) in [6.07, 6.45) is 7.49. The van der Waals surface area contributed by atoms with E-state index in [1.807, 2.05) is 12.1 Å². The molecule has 0 aliphatic rings. The van der Waals surface area contributed by atoms with Gasteiger partial charge in [-0.2, -0.15) is 0 Å². The van der Waals surface area contributed by atoms with Crippen LogP contribution in [0.5, 0.6) is 11.5 Å². The molecule has 0 heterocycles. The summed E-state index contributed by atoms with van der Waals surface area (Å²) in [6, 6.07) is 3.75. The Labute approximate surface area is 133 Å². The largest absolute Gasteiger partial charge is 0.496 e. The van der Waals surface area contributed by atoms with E-state index >= 15 is 0 Å². The number of benzene rings is 1. The molecular weight excluding hydrogens is 284 g/mol. The summed E-state index contributed by atoms with van der Waals surface area (Å²) in [5.74, 6) is 1.48. The second-order valence-electron chi connectivity index (χ2n) is 5.37. The van der Waals surface area contributed by atoms with E-state index < -0.39 is 0 Å². The first-order chi connectivity index (χ1) is 9.97. The number of methoxy groups -OCH3 is 2. The fourth-order valence-electron chi connectivity index (χ4n) is 2.06. The van der Waals surface area contributed by atoms with E-state index in [0.717, 1.165) is 30.6 Å². The topological polar surface area (TPSA) is 18.5 Å². The highest BCUT2D eigenvalue weighted by Crippen LogP contribution is 2.33. The minimum Gasteiger partial charge on any atom is -0.496 e. The molecule has 0 unspecified atom stereocenters. The minimum atomic E-state index is 0.572. The lowest BCUT2D eigenvalue weighted by atomic mass is 10.1. The van der Waals surface area contributed by atoms with Gasteiger partial charge in [0.25, 0.3) is 0 Å². The second kappa shape index (κ2) is 8.78. The molecule has 0 N–H and O–H groups in total. The van der Waals surface area contributed by atoms with Crippen molar-refractivity contribution < 1.29 is 9.47 Å². The summed E-state index contributed by atoms with van der Waals surface area (Å²) in [7, 11) is 3.28. The Bertz CT molecular complexity index is 526. The fraction of sp³-hybridized carbons (Fsp3) is 0.444. The first kappa shape index (κ1) is 17.6. The molecule has 0 aliphatic carbocycles. The Kier molecular flexibility index (Phi) is 7.38. The van der Waals surface area contributed by atoms with E-state index in [2.05, 4.69) is 32.9 Å². The van der Waals surface area contributed by atoms with Gasteiger partial charge in [-0.05, 0) is 46.1 Å². The van der Waals surface area contributed by atoms with Crippen LogP contribution in [0.2, 0.25) is 5.02 Å². The predicted octanol–water partition coefficient (Wildman–Crippen LogP) is 5.59. The smallest absolute Gasteiger partial charge is 0.138 e. The van der Waals surface area contributed by atoms with Gasteiger partial charge in [0.2, 0.25) is 0 Å². The number of rotatable bonds is 7. The Morgan fingerprint density at radius 1 is 1.05 bits per heavy atom. The van der Waals surface area contributed by atoms with Crippen LogP contribution in [0.4, 0.5) is 0 Å². The summed E-state index contributed by atoms with van der Waals surface area (Å²) in [5.41, 5.74) is 3.83. The van der Waals surface area contributed by atoms with E-state index in [4.69, 9.17) is 21.1 Å². The normalized spacial score (nSPS) is 11.2. The number of halogens is 1. The molecular formula is C18H25ClO2. The van der Waals surface area contributed by atoms with Crippen LogP contribution in [0.15, 0.2) is 35.4 Å². The highest BCUT2D eigenvalue weighted by molar-refractivity contribution is 6.32. The van der Waals surface area contributed by atoms with Gasteiger partial charge in [0, 0.05) is 11.6 Å². The summed E-state index contributed by atoms with van der Waals surface area (Å²) in [6.45, 7) is 6.42. The van der Waals surface area contributed by atoms with Gasteiger partial charge in [-0.3, -0.25) is 0 Å². The first-order valence-corrected chi connectivity index (χ1v) is 7.55. The summed E-state index contributed by atoms with van der Waals surface area (Å²) < 4.78 is 10.7. The van der Waals surface area contributed by atoms with Crippen LogP contribution in [0.25, 0.3) is 0 Å². The van der Waals surface area contributed by atoms with Crippen LogP contribution in [0.3, 0.4) is 0 Å². The molecule has 1 rings (SSSR count). The second-order valence-corrected chi connectivity index (χ2v) is 5.78. The van der Waals surface area contributed by atoms with Crippen molar-refractivity contribution in [2.75, 3.05) is 14.2 Å². The number of ether oxygens (including phenoxy) is 2. The van der Waals surface area contributed by atoms with Gasteiger partial charge in [-0.15, -0.1) is 0 Å². The number of hydrogen-bond acceptors (Lipinski definition) is 2. The standard InChI is InChI=1S/C18H25ClO2/c1-13(2)7-6-8-14(3)9-10-15-11-18(21-5)16(19)12-17(15)20-4/h7,9,11-12H,6,8,10H2,1-5H3/b14-9+. The lowest BCUT2D eigenvalue weighted by Crippen LogP contribution is -1.94. The van der Waals surface area contributed by atoms with Crippen molar-refractivity contribution >= 4 is 11.6 Å². The maximum Gasteiger partial charge on any atom is 0.138 e. The van der Waals surface area contributed by atoms with Gasteiger partial charge in [-0.25, -0.2) is 0 Å². The zero-order valence-corrected chi connectivity index (χ0v) is 14.4. The molecule has 0 saturated heterocycles. The van der Waals surface area contributed by atoms with Crippen LogP contribution < -0.4 is 9.47 Å². The van der Waals surface area contributed by atoms with Crippen molar-refractivity contribution in [3.05, 3.63) is 46.0 Å². The van der Waals surface area contributed by atoms with Crippen LogP contribution in [-0.4, -0.2) is 14.2 Å². The highest BCUT2D eigenvalue weighted by Gasteiger charge is 2.08. The summed E-state index contributed by atoms with van der Waals surface area (Å²) >= 11 is 6.11. The maximum atomic E-state index is 6.11. The van der Waals surface area contributed by atoms with Crippen molar-refractivity contribution in [3.63, 3.8) is 0 Å². The Morgan fingerprint density at radius 3 is 2.29 bits per heavy atom. The molecule has 3 heteroatoms. The molecule has 0 radical (unpaired) electrons. The average Bonchev–Trinajstić information content (AvgIpc) is 2.45. The van der Waals surface area contributed by atoms with E-state index in [1.54, 1.807) is 14.2 Å². The molecule has 1 aromatic carbocycles. The van der Waals surface area contributed by atoms with Crippen LogP contribution >= 0.6 is 11.6 Å². The highest BCUT2D eigenvalue weighted by atomic mass is 35.5. The minimum absolute atomic E-state index is 0.572. The van der Waals surface area contributed by atoms with Crippen molar-refractivity contribution in [2.45, 2.75) is 40.0 Å². The quantitative estimate of drug-likeness (QED) is 0.611. The van der Waals surface area contributed by atoms with Crippen molar-refractivity contribution in [2.24, 2.45) is 0 Å². The Hall–Kier alpha value is -1.41. The molecule has 0 fully saturated rings. The SMILES string of the molecule is COc1cc(C/C=C(\C)CCC=C(C)C)c(OC)cc1Cl. The number of allylic oxidation sites excluding steroid dienone is 4. The summed E-state index contributed by atoms with van der Waals surface area (Å²) in [4.78, 5) is 0. The third-order valence-corrected chi connectivity index (χ3v) is 3.61. The monoisotopic (exact) mass is 308 g/mol. The Morgan fingerprint density at radius 2 is 1.71 bits per heavy atom. The van der Waals surface area contributed by atoms with Crippen molar-refractivity contribution in [1.29, 1.82) is 0 Å². The summed E-state index contributed by atoms with van der Waals surface area (Å²) in [5, 5.41) is 0.572. The van der Waals surface area contributed by atoms with Crippen LogP contribution in [0, 0.1) is 0 Å². The molecule has 0 aliphatic heterocycles. The predicted molar refractivity (Wildman–Crippen MR) is 90.7 cm³/mol. The molecule has 116 valence electrons. The van der Waals surface area contributed by atoms with E-state index in [0.29, 0.717) is 10.8 Å². The fourth-order valence-corrected chi connectivity index (χ4v) is 2.29. The third kappa shape index (κ3) is 5.84. The molecule has 0 bridgehead atoms. The van der Waals surface area contributed by atoms with Gasteiger partial charge in [0.05, 0.1) is 19.2 Å². The zero-order chi connectivity index (χ0) is 15.8. The van der Waals surface area contributed by atoms with Gasteiger partial charge >= 0.3 is 0 Å². The van der Waals surface area contributed by atoms with E-state index in [9.17, 15) is 0 Å². The van der Waals surface area contributed by atoms with Gasteiger partial charge in [0.15, 0.2) is 0 Å². The number of hydrogen-bond donors (Lipinski definition) is 0.